The minimum Gasteiger partial charge on any atom is -0.476 e. The normalized spacial score (nSPS) is 10.3. The van der Waals surface area contributed by atoms with Gasteiger partial charge in [0.05, 0.1) is 6.61 Å². The first-order chi connectivity index (χ1) is 9.61. The second-order valence-corrected chi connectivity index (χ2v) is 4.67. The van der Waals surface area contributed by atoms with Crippen LogP contribution in [0.4, 0.5) is 5.69 Å². The van der Waals surface area contributed by atoms with Crippen molar-refractivity contribution in [3.63, 3.8) is 0 Å². The second-order valence-electron chi connectivity index (χ2n) is 4.26. The Labute approximate surface area is 122 Å². The van der Waals surface area contributed by atoms with Crippen LogP contribution in [0, 0.1) is 6.92 Å². The number of rotatable bonds is 5. The lowest BCUT2D eigenvalue weighted by atomic mass is 10.2. The van der Waals surface area contributed by atoms with Crippen LogP contribution < -0.4 is 15.2 Å². The number of nitrogens with two attached hydrogens (primary N) is 1. The monoisotopic (exact) mass is 293 g/mol. The molecule has 1 aromatic heterocycles. The first-order valence-electron chi connectivity index (χ1n) is 6.29. The van der Waals surface area contributed by atoms with Crippen LogP contribution in [-0.2, 0) is 0 Å². The Kier molecular flexibility index (Phi) is 4.63. The Balaban J connectivity index is 2.22. The van der Waals surface area contributed by atoms with Crippen molar-refractivity contribution in [3.8, 4) is 17.5 Å². The summed E-state index contributed by atoms with van der Waals surface area (Å²) in [6.45, 7) is 4.44. The molecule has 20 heavy (non-hydrogen) atoms. The quantitative estimate of drug-likeness (QED) is 0.912. The molecule has 0 atom stereocenters. The van der Waals surface area contributed by atoms with Crippen molar-refractivity contribution < 1.29 is 9.47 Å². The molecule has 106 valence electrons. The first-order valence-corrected chi connectivity index (χ1v) is 6.67. The zero-order chi connectivity index (χ0) is 14.5. The fraction of sp³-hybridized carbons (Fsp3) is 0.286. The van der Waals surface area contributed by atoms with Crippen LogP contribution in [-0.4, -0.2) is 16.6 Å². The Hall–Kier alpha value is -2.01. The van der Waals surface area contributed by atoms with Crippen LogP contribution in [0.5, 0.6) is 17.5 Å². The summed E-state index contributed by atoms with van der Waals surface area (Å²) in [4.78, 5) is 8.01. The third-order valence-electron chi connectivity index (χ3n) is 2.60. The highest BCUT2D eigenvalue weighted by Crippen LogP contribution is 2.31. The summed E-state index contributed by atoms with van der Waals surface area (Å²) in [6, 6.07) is 5.33. The lowest BCUT2D eigenvalue weighted by Crippen LogP contribution is -2.04. The standard InChI is InChI=1S/C14H16ClN3O2/c1-3-6-19-13-12(16)14(18-8-17-13)20-10-4-5-11(15)9(2)7-10/h4-5,7-8H,3,6,16H2,1-2H3. The fourth-order valence-electron chi connectivity index (χ4n) is 1.55. The van der Waals surface area contributed by atoms with E-state index >= 15 is 0 Å². The lowest BCUT2D eigenvalue weighted by Gasteiger charge is -2.11. The molecule has 0 radical (unpaired) electrons. The average molecular weight is 294 g/mol. The van der Waals surface area contributed by atoms with Crippen LogP contribution >= 0.6 is 11.6 Å². The number of hydrogen-bond donors (Lipinski definition) is 1. The highest BCUT2D eigenvalue weighted by Gasteiger charge is 2.11. The maximum Gasteiger partial charge on any atom is 0.249 e. The predicted octanol–water partition coefficient (Wildman–Crippen LogP) is 3.60. The van der Waals surface area contributed by atoms with Gasteiger partial charge in [0.1, 0.15) is 12.1 Å². The number of nitrogen functional groups attached to an aromatic ring is 1. The van der Waals surface area contributed by atoms with Crippen molar-refractivity contribution in [2.24, 2.45) is 0 Å². The minimum absolute atomic E-state index is 0.271. The van der Waals surface area contributed by atoms with Crippen LogP contribution in [0.25, 0.3) is 0 Å². The Bertz CT molecular complexity index is 605. The minimum atomic E-state index is 0.271. The molecule has 0 aliphatic carbocycles. The summed E-state index contributed by atoms with van der Waals surface area (Å²) >= 11 is 5.97. The highest BCUT2D eigenvalue weighted by molar-refractivity contribution is 6.31. The molecule has 6 heteroatoms. The Morgan fingerprint density at radius 1 is 1.25 bits per heavy atom. The molecule has 0 bridgehead atoms. The second kappa shape index (κ2) is 6.43. The van der Waals surface area contributed by atoms with Gasteiger partial charge in [-0.05, 0) is 37.1 Å². The van der Waals surface area contributed by atoms with Gasteiger partial charge in [-0.1, -0.05) is 18.5 Å². The van der Waals surface area contributed by atoms with Crippen LogP contribution in [0.2, 0.25) is 5.02 Å². The molecule has 0 amide bonds. The van der Waals surface area contributed by atoms with E-state index in [1.807, 2.05) is 19.9 Å². The van der Waals surface area contributed by atoms with E-state index in [4.69, 9.17) is 26.8 Å². The summed E-state index contributed by atoms with van der Waals surface area (Å²) in [7, 11) is 0. The zero-order valence-electron chi connectivity index (χ0n) is 11.4. The van der Waals surface area contributed by atoms with E-state index in [1.165, 1.54) is 6.33 Å². The fourth-order valence-corrected chi connectivity index (χ4v) is 1.67. The van der Waals surface area contributed by atoms with E-state index in [0.717, 1.165) is 12.0 Å². The van der Waals surface area contributed by atoms with Crippen molar-refractivity contribution in [2.75, 3.05) is 12.3 Å². The summed E-state index contributed by atoms with van der Waals surface area (Å²) in [5.41, 5.74) is 7.14. The van der Waals surface area contributed by atoms with E-state index in [-0.39, 0.29) is 11.6 Å². The lowest BCUT2D eigenvalue weighted by molar-refractivity contribution is 0.304. The van der Waals surface area contributed by atoms with E-state index < -0.39 is 0 Å². The number of ether oxygens (including phenoxy) is 2. The van der Waals surface area contributed by atoms with Gasteiger partial charge in [-0.15, -0.1) is 0 Å². The number of aryl methyl sites for hydroxylation is 1. The van der Waals surface area contributed by atoms with Gasteiger partial charge < -0.3 is 15.2 Å². The molecule has 0 spiro atoms. The number of halogens is 1. The summed E-state index contributed by atoms with van der Waals surface area (Å²) in [5.74, 6) is 1.22. The van der Waals surface area contributed by atoms with E-state index in [1.54, 1.807) is 12.1 Å². The number of anilines is 1. The van der Waals surface area contributed by atoms with Gasteiger partial charge in [-0.3, -0.25) is 0 Å². The Morgan fingerprint density at radius 3 is 2.70 bits per heavy atom. The van der Waals surface area contributed by atoms with Crippen molar-refractivity contribution in [1.82, 2.24) is 9.97 Å². The summed E-state index contributed by atoms with van der Waals surface area (Å²) < 4.78 is 11.1. The van der Waals surface area contributed by atoms with Crippen LogP contribution in [0.1, 0.15) is 18.9 Å². The third kappa shape index (κ3) is 3.30. The molecule has 0 aliphatic rings. The highest BCUT2D eigenvalue weighted by atomic mass is 35.5. The molecule has 2 N–H and O–H groups in total. The molecule has 2 rings (SSSR count). The molecule has 5 nitrogen and oxygen atoms in total. The molecule has 2 aromatic rings. The smallest absolute Gasteiger partial charge is 0.249 e. The molecule has 1 aromatic carbocycles. The SMILES string of the molecule is CCCOc1ncnc(Oc2ccc(Cl)c(C)c2)c1N. The third-order valence-corrected chi connectivity index (χ3v) is 3.02. The van der Waals surface area contributed by atoms with Crippen molar-refractivity contribution in [1.29, 1.82) is 0 Å². The molecular formula is C14H16ClN3O2. The summed E-state index contributed by atoms with van der Waals surface area (Å²) in [6.07, 6.45) is 2.23. The molecule has 0 saturated carbocycles. The van der Waals surface area contributed by atoms with Crippen molar-refractivity contribution in [3.05, 3.63) is 35.1 Å². The molecule has 1 heterocycles. The average Bonchev–Trinajstić information content (AvgIpc) is 2.44. The van der Waals surface area contributed by atoms with E-state index in [2.05, 4.69) is 9.97 Å². The van der Waals surface area contributed by atoms with Gasteiger partial charge in [-0.25, -0.2) is 0 Å². The van der Waals surface area contributed by atoms with Gasteiger partial charge in [0.25, 0.3) is 0 Å². The number of hydrogen-bond acceptors (Lipinski definition) is 5. The van der Waals surface area contributed by atoms with Gasteiger partial charge in [0.15, 0.2) is 5.69 Å². The van der Waals surface area contributed by atoms with E-state index in [0.29, 0.717) is 23.3 Å². The maximum absolute atomic E-state index is 5.97. The molecule has 0 aliphatic heterocycles. The van der Waals surface area contributed by atoms with E-state index in [9.17, 15) is 0 Å². The van der Waals surface area contributed by atoms with Gasteiger partial charge in [-0.2, -0.15) is 9.97 Å². The zero-order valence-corrected chi connectivity index (χ0v) is 12.1. The number of aromatic nitrogens is 2. The van der Waals surface area contributed by atoms with Gasteiger partial charge >= 0.3 is 0 Å². The first kappa shape index (κ1) is 14.4. The van der Waals surface area contributed by atoms with Gasteiger partial charge in [0.2, 0.25) is 11.8 Å². The van der Waals surface area contributed by atoms with Crippen molar-refractivity contribution >= 4 is 17.3 Å². The summed E-state index contributed by atoms with van der Waals surface area (Å²) in [5, 5.41) is 0.681. The number of benzene rings is 1. The van der Waals surface area contributed by atoms with Crippen LogP contribution in [0.3, 0.4) is 0 Å². The molecule has 0 saturated heterocycles. The molecular weight excluding hydrogens is 278 g/mol. The maximum atomic E-state index is 5.97. The van der Waals surface area contributed by atoms with Crippen LogP contribution in [0.15, 0.2) is 24.5 Å². The Morgan fingerprint density at radius 2 is 2.00 bits per heavy atom. The van der Waals surface area contributed by atoms with Gasteiger partial charge in [0, 0.05) is 5.02 Å². The predicted molar refractivity (Wildman–Crippen MR) is 78.5 cm³/mol. The number of nitrogens with zero attached hydrogens (tertiary/aromatic N) is 2. The van der Waals surface area contributed by atoms with Crippen molar-refractivity contribution in [2.45, 2.75) is 20.3 Å². The topological polar surface area (TPSA) is 70.3 Å². The molecule has 0 unspecified atom stereocenters. The molecule has 0 fully saturated rings. The largest absolute Gasteiger partial charge is 0.476 e.